The molecule has 9 heteroatoms. The molecule has 136 valence electrons. The molecule has 2 heterocycles. The molecule has 0 bridgehead atoms. The van der Waals surface area contributed by atoms with Crippen molar-refractivity contribution in [3.8, 4) is 0 Å². The molecule has 2 saturated heterocycles. The van der Waals surface area contributed by atoms with Crippen molar-refractivity contribution in [3.63, 3.8) is 0 Å². The molecule has 0 spiro atoms. The van der Waals surface area contributed by atoms with Crippen LogP contribution in [-0.4, -0.2) is 82.2 Å². The normalized spacial score (nSPS) is 23.3. The monoisotopic (exact) mass is 368 g/mol. The smallest absolute Gasteiger partial charge is 0.223 e. The Morgan fingerprint density at radius 1 is 1.22 bits per heavy atom. The van der Waals surface area contributed by atoms with Gasteiger partial charge in [-0.3, -0.25) is 9.69 Å². The molecule has 2 fully saturated rings. The van der Waals surface area contributed by atoms with Gasteiger partial charge in [-0.15, -0.1) is 12.4 Å². The van der Waals surface area contributed by atoms with Crippen LogP contribution in [0.3, 0.4) is 0 Å². The molecule has 2 aliphatic rings. The Morgan fingerprint density at radius 2 is 1.91 bits per heavy atom. The summed E-state index contributed by atoms with van der Waals surface area (Å²) >= 11 is 0. The van der Waals surface area contributed by atoms with Gasteiger partial charge in [-0.1, -0.05) is 6.42 Å². The first-order chi connectivity index (χ1) is 10.5. The molecular formula is C14H29ClN4O3S. The molecule has 2 rings (SSSR count). The van der Waals surface area contributed by atoms with Gasteiger partial charge in [0.2, 0.25) is 15.9 Å². The van der Waals surface area contributed by atoms with Gasteiger partial charge in [-0.25, -0.2) is 13.1 Å². The number of piperazine rings is 1. The number of piperidine rings is 1. The molecule has 1 unspecified atom stereocenters. The van der Waals surface area contributed by atoms with E-state index in [0.29, 0.717) is 13.0 Å². The Hall–Kier alpha value is -0.410. The van der Waals surface area contributed by atoms with Crippen molar-refractivity contribution < 1.29 is 13.2 Å². The summed E-state index contributed by atoms with van der Waals surface area (Å²) in [5, 5.41) is 3.24. The zero-order valence-corrected chi connectivity index (χ0v) is 15.4. The van der Waals surface area contributed by atoms with Gasteiger partial charge in [-0.2, -0.15) is 0 Å². The second-order valence-corrected chi connectivity index (χ2v) is 8.02. The first-order valence-electron chi connectivity index (χ1n) is 8.13. The van der Waals surface area contributed by atoms with Gasteiger partial charge in [0.25, 0.3) is 0 Å². The Labute approximate surface area is 145 Å². The molecule has 23 heavy (non-hydrogen) atoms. The van der Waals surface area contributed by atoms with Crippen molar-refractivity contribution in [1.82, 2.24) is 19.8 Å². The SMILES string of the molecule is CS(=O)(=O)NCC1CCCCN1CCC(=O)N1CCNCC1.Cl. The second-order valence-electron chi connectivity index (χ2n) is 6.19. The van der Waals surface area contributed by atoms with Crippen molar-refractivity contribution in [2.45, 2.75) is 31.7 Å². The Bertz CT molecular complexity index is 469. The highest BCUT2D eigenvalue weighted by Crippen LogP contribution is 2.17. The number of nitrogens with one attached hydrogen (secondary N) is 2. The number of nitrogens with zero attached hydrogens (tertiary/aromatic N) is 2. The van der Waals surface area contributed by atoms with Gasteiger partial charge >= 0.3 is 0 Å². The lowest BCUT2D eigenvalue weighted by molar-refractivity contribution is -0.132. The summed E-state index contributed by atoms with van der Waals surface area (Å²) in [6.07, 6.45) is 4.95. The summed E-state index contributed by atoms with van der Waals surface area (Å²) in [5.74, 6) is 0.210. The van der Waals surface area contributed by atoms with E-state index in [-0.39, 0.29) is 24.4 Å². The number of hydrogen-bond donors (Lipinski definition) is 2. The highest BCUT2D eigenvalue weighted by molar-refractivity contribution is 7.88. The Balaban J connectivity index is 0.00000264. The highest BCUT2D eigenvalue weighted by atomic mass is 35.5. The number of carbonyl (C=O) groups excluding carboxylic acids is 1. The topological polar surface area (TPSA) is 81.8 Å². The van der Waals surface area contributed by atoms with E-state index >= 15 is 0 Å². The van der Waals surface area contributed by atoms with E-state index in [9.17, 15) is 13.2 Å². The quantitative estimate of drug-likeness (QED) is 0.668. The van der Waals surface area contributed by atoms with Crippen LogP contribution in [0.25, 0.3) is 0 Å². The number of amides is 1. The summed E-state index contributed by atoms with van der Waals surface area (Å²) in [4.78, 5) is 16.4. The lowest BCUT2D eigenvalue weighted by Crippen LogP contribution is -2.49. The third-order valence-corrected chi connectivity index (χ3v) is 5.10. The van der Waals surface area contributed by atoms with Crippen LogP contribution in [0.4, 0.5) is 0 Å². The van der Waals surface area contributed by atoms with Gasteiger partial charge in [0, 0.05) is 51.7 Å². The fraction of sp³-hybridized carbons (Fsp3) is 0.929. The van der Waals surface area contributed by atoms with Gasteiger partial charge in [0.1, 0.15) is 0 Å². The van der Waals surface area contributed by atoms with E-state index < -0.39 is 10.0 Å². The second kappa shape index (κ2) is 9.78. The number of rotatable bonds is 6. The third kappa shape index (κ3) is 7.34. The largest absolute Gasteiger partial charge is 0.340 e. The molecule has 2 aliphatic heterocycles. The highest BCUT2D eigenvalue weighted by Gasteiger charge is 2.24. The minimum Gasteiger partial charge on any atom is -0.340 e. The van der Waals surface area contributed by atoms with Crippen molar-refractivity contribution in [2.75, 3.05) is 52.1 Å². The van der Waals surface area contributed by atoms with Gasteiger partial charge in [0.05, 0.1) is 6.26 Å². The Morgan fingerprint density at radius 3 is 2.57 bits per heavy atom. The van der Waals surface area contributed by atoms with Crippen molar-refractivity contribution >= 4 is 28.3 Å². The van der Waals surface area contributed by atoms with E-state index in [2.05, 4.69) is 14.9 Å². The molecule has 0 aromatic rings. The van der Waals surface area contributed by atoms with Gasteiger partial charge in [0.15, 0.2) is 0 Å². The molecule has 0 aromatic heterocycles. The summed E-state index contributed by atoms with van der Waals surface area (Å²) in [5.41, 5.74) is 0. The van der Waals surface area contributed by atoms with Crippen LogP contribution in [-0.2, 0) is 14.8 Å². The van der Waals surface area contributed by atoms with E-state index in [4.69, 9.17) is 0 Å². The van der Waals surface area contributed by atoms with E-state index in [1.54, 1.807) is 0 Å². The maximum absolute atomic E-state index is 12.2. The molecular weight excluding hydrogens is 340 g/mol. The predicted octanol–water partition coefficient (Wildman–Crippen LogP) is -0.366. The molecule has 0 radical (unpaired) electrons. The number of carbonyl (C=O) groups is 1. The maximum Gasteiger partial charge on any atom is 0.223 e. The first kappa shape index (κ1) is 20.6. The fourth-order valence-electron chi connectivity index (χ4n) is 3.14. The van der Waals surface area contributed by atoms with Crippen molar-refractivity contribution in [1.29, 1.82) is 0 Å². The zero-order chi connectivity index (χ0) is 16.0. The van der Waals surface area contributed by atoms with Crippen LogP contribution >= 0.6 is 12.4 Å². The summed E-state index contributed by atoms with van der Waals surface area (Å²) in [7, 11) is -3.15. The molecule has 2 N–H and O–H groups in total. The molecule has 0 aromatic carbocycles. The molecule has 0 saturated carbocycles. The molecule has 7 nitrogen and oxygen atoms in total. The van der Waals surface area contributed by atoms with Crippen molar-refractivity contribution in [3.05, 3.63) is 0 Å². The van der Waals surface area contributed by atoms with Crippen LogP contribution in [0.5, 0.6) is 0 Å². The summed E-state index contributed by atoms with van der Waals surface area (Å²) in [6, 6.07) is 0.208. The number of halogens is 1. The van der Waals surface area contributed by atoms with E-state index in [1.807, 2.05) is 4.90 Å². The fourth-order valence-corrected chi connectivity index (χ4v) is 3.64. The molecule has 1 amide bonds. The average molecular weight is 369 g/mol. The zero-order valence-electron chi connectivity index (χ0n) is 13.8. The minimum atomic E-state index is -3.15. The van der Waals surface area contributed by atoms with E-state index in [0.717, 1.165) is 58.5 Å². The summed E-state index contributed by atoms with van der Waals surface area (Å²) in [6.45, 7) is 5.44. The molecule has 0 aliphatic carbocycles. The minimum absolute atomic E-state index is 0. The predicted molar refractivity (Wildman–Crippen MR) is 93.4 cm³/mol. The third-order valence-electron chi connectivity index (χ3n) is 4.41. The average Bonchev–Trinajstić information content (AvgIpc) is 2.51. The standard InChI is InChI=1S/C14H28N4O3S.ClH/c1-22(20,21)16-12-13-4-2-3-8-17(13)9-5-14(19)18-10-6-15-7-11-18;/h13,15-16H,2-12H2,1H3;1H. The maximum atomic E-state index is 12.2. The van der Waals surface area contributed by atoms with E-state index in [1.165, 1.54) is 6.26 Å². The lowest BCUT2D eigenvalue weighted by atomic mass is 10.0. The number of likely N-dealkylation sites (tertiary alicyclic amines) is 1. The van der Waals surface area contributed by atoms with Crippen LogP contribution in [0.2, 0.25) is 0 Å². The van der Waals surface area contributed by atoms with Gasteiger partial charge < -0.3 is 10.2 Å². The van der Waals surface area contributed by atoms with Crippen LogP contribution in [0, 0.1) is 0 Å². The lowest BCUT2D eigenvalue weighted by Gasteiger charge is -2.36. The number of sulfonamides is 1. The van der Waals surface area contributed by atoms with Crippen molar-refractivity contribution in [2.24, 2.45) is 0 Å². The van der Waals surface area contributed by atoms with Gasteiger partial charge in [-0.05, 0) is 19.4 Å². The van der Waals surface area contributed by atoms with Crippen LogP contribution in [0.15, 0.2) is 0 Å². The van der Waals surface area contributed by atoms with Crippen LogP contribution in [0.1, 0.15) is 25.7 Å². The van der Waals surface area contributed by atoms with Crippen LogP contribution < -0.4 is 10.0 Å². The first-order valence-corrected chi connectivity index (χ1v) is 10.0. The Kier molecular flexibility index (Phi) is 8.78. The number of hydrogen-bond acceptors (Lipinski definition) is 5. The molecule has 1 atom stereocenters. The summed E-state index contributed by atoms with van der Waals surface area (Å²) < 4.78 is 25.1.